The maximum atomic E-state index is 12.1. The third-order valence-corrected chi connectivity index (χ3v) is 3.29. The zero-order valence-corrected chi connectivity index (χ0v) is 14.3. The number of methoxy groups -OCH3 is 1. The summed E-state index contributed by atoms with van der Waals surface area (Å²) in [6, 6.07) is 8.53. The Labute approximate surface area is 145 Å². The molecule has 0 bridgehead atoms. The molecule has 1 aromatic heterocycles. The van der Waals surface area contributed by atoms with Gasteiger partial charge < -0.3 is 19.7 Å². The van der Waals surface area contributed by atoms with Crippen molar-refractivity contribution in [3.05, 3.63) is 42.7 Å². The molecule has 0 fully saturated rings. The lowest BCUT2D eigenvalue weighted by molar-refractivity contribution is -0.151. The number of hydrogen-bond acceptors (Lipinski definition) is 7. The fraction of sp³-hybridized carbons (Fsp3) is 0.294. The molecule has 8 heteroatoms. The van der Waals surface area contributed by atoms with E-state index in [9.17, 15) is 9.59 Å². The van der Waals surface area contributed by atoms with Crippen molar-refractivity contribution in [3.8, 4) is 5.75 Å². The van der Waals surface area contributed by atoms with E-state index in [4.69, 9.17) is 9.47 Å². The second-order valence-corrected chi connectivity index (χ2v) is 5.25. The Morgan fingerprint density at radius 1 is 1.20 bits per heavy atom. The van der Waals surface area contributed by atoms with Crippen LogP contribution < -0.4 is 15.0 Å². The largest absolute Gasteiger partial charge is 0.497 e. The van der Waals surface area contributed by atoms with Crippen molar-refractivity contribution in [3.63, 3.8) is 0 Å². The topological polar surface area (TPSA) is 93.6 Å². The SMILES string of the molecule is COc1ccc(NC(=O)C(C)OC(=O)CN(C)c2ncccn2)cc1. The van der Waals surface area contributed by atoms with Gasteiger partial charge in [0.25, 0.3) is 5.91 Å². The minimum absolute atomic E-state index is 0.0653. The van der Waals surface area contributed by atoms with Crippen LogP contribution in [-0.2, 0) is 14.3 Å². The lowest BCUT2D eigenvalue weighted by atomic mass is 10.3. The molecule has 1 amide bonds. The van der Waals surface area contributed by atoms with Gasteiger partial charge in [0.1, 0.15) is 12.3 Å². The Hall–Kier alpha value is -3.16. The third kappa shape index (κ3) is 5.45. The first kappa shape index (κ1) is 18.2. The van der Waals surface area contributed by atoms with Gasteiger partial charge in [-0.1, -0.05) is 0 Å². The van der Waals surface area contributed by atoms with Crippen molar-refractivity contribution in [2.24, 2.45) is 0 Å². The summed E-state index contributed by atoms with van der Waals surface area (Å²) in [6.45, 7) is 1.44. The number of nitrogens with zero attached hydrogens (tertiary/aromatic N) is 3. The number of carbonyl (C=O) groups is 2. The van der Waals surface area contributed by atoms with Gasteiger partial charge in [0.05, 0.1) is 7.11 Å². The quantitative estimate of drug-likeness (QED) is 0.761. The van der Waals surface area contributed by atoms with E-state index in [2.05, 4.69) is 15.3 Å². The summed E-state index contributed by atoms with van der Waals surface area (Å²) < 4.78 is 10.2. The molecule has 0 saturated heterocycles. The monoisotopic (exact) mass is 344 g/mol. The van der Waals surface area contributed by atoms with Crippen molar-refractivity contribution in [2.75, 3.05) is 30.9 Å². The van der Waals surface area contributed by atoms with Crippen LogP contribution in [-0.4, -0.2) is 48.7 Å². The predicted molar refractivity (Wildman–Crippen MR) is 92.5 cm³/mol. The smallest absolute Gasteiger partial charge is 0.326 e. The number of rotatable bonds is 7. The fourth-order valence-electron chi connectivity index (χ4n) is 1.96. The highest BCUT2D eigenvalue weighted by Crippen LogP contribution is 2.15. The van der Waals surface area contributed by atoms with Gasteiger partial charge >= 0.3 is 5.97 Å². The van der Waals surface area contributed by atoms with E-state index < -0.39 is 18.0 Å². The molecule has 1 unspecified atom stereocenters. The van der Waals surface area contributed by atoms with Crippen LogP contribution in [0.3, 0.4) is 0 Å². The van der Waals surface area contributed by atoms with Crippen molar-refractivity contribution in [1.29, 1.82) is 0 Å². The molecule has 8 nitrogen and oxygen atoms in total. The van der Waals surface area contributed by atoms with Crippen LogP contribution in [0.25, 0.3) is 0 Å². The first-order chi connectivity index (χ1) is 12.0. The van der Waals surface area contributed by atoms with E-state index in [1.807, 2.05) is 0 Å². The Bertz CT molecular complexity index is 706. The molecular weight excluding hydrogens is 324 g/mol. The number of likely N-dealkylation sites (N-methyl/N-ethyl adjacent to an activating group) is 1. The Kier molecular flexibility index (Phi) is 6.27. The van der Waals surface area contributed by atoms with E-state index in [1.165, 1.54) is 11.8 Å². The highest BCUT2D eigenvalue weighted by atomic mass is 16.5. The summed E-state index contributed by atoms with van der Waals surface area (Å²) in [5.41, 5.74) is 0.587. The van der Waals surface area contributed by atoms with Crippen LogP contribution in [0.15, 0.2) is 42.7 Å². The lowest BCUT2D eigenvalue weighted by Gasteiger charge is -2.18. The van der Waals surface area contributed by atoms with Crippen molar-refractivity contribution >= 4 is 23.5 Å². The van der Waals surface area contributed by atoms with E-state index in [1.54, 1.807) is 56.9 Å². The number of hydrogen-bond donors (Lipinski definition) is 1. The third-order valence-electron chi connectivity index (χ3n) is 3.29. The lowest BCUT2D eigenvalue weighted by Crippen LogP contribution is -2.35. The summed E-state index contributed by atoms with van der Waals surface area (Å²) in [4.78, 5) is 33.7. The summed E-state index contributed by atoms with van der Waals surface area (Å²) in [7, 11) is 3.23. The molecule has 1 heterocycles. The molecule has 2 aromatic rings. The van der Waals surface area contributed by atoms with E-state index in [0.717, 1.165) is 0 Å². The second kappa shape index (κ2) is 8.62. The highest BCUT2D eigenvalue weighted by molar-refractivity contribution is 5.95. The summed E-state index contributed by atoms with van der Waals surface area (Å²) in [5.74, 6) is 0.114. The maximum Gasteiger partial charge on any atom is 0.326 e. The molecule has 0 aliphatic heterocycles. The van der Waals surface area contributed by atoms with Crippen LogP contribution in [0.5, 0.6) is 5.75 Å². The van der Waals surface area contributed by atoms with Crippen LogP contribution in [0.4, 0.5) is 11.6 Å². The van der Waals surface area contributed by atoms with Gasteiger partial charge in [-0.2, -0.15) is 0 Å². The average molecular weight is 344 g/mol. The first-order valence-corrected chi connectivity index (χ1v) is 7.62. The normalized spacial score (nSPS) is 11.3. The molecule has 0 aliphatic rings. The van der Waals surface area contributed by atoms with E-state index >= 15 is 0 Å². The Morgan fingerprint density at radius 3 is 2.44 bits per heavy atom. The fourth-order valence-corrected chi connectivity index (χ4v) is 1.96. The van der Waals surface area contributed by atoms with Gasteiger partial charge in [-0.15, -0.1) is 0 Å². The number of amides is 1. The first-order valence-electron chi connectivity index (χ1n) is 7.62. The van der Waals surface area contributed by atoms with Gasteiger partial charge in [-0.3, -0.25) is 9.59 Å². The molecule has 25 heavy (non-hydrogen) atoms. The molecule has 0 saturated carbocycles. The molecule has 0 aliphatic carbocycles. The number of anilines is 2. The van der Waals surface area contributed by atoms with Gasteiger partial charge in [0.15, 0.2) is 6.10 Å². The van der Waals surface area contributed by atoms with E-state index in [-0.39, 0.29) is 6.54 Å². The van der Waals surface area contributed by atoms with Crippen LogP contribution in [0.2, 0.25) is 0 Å². The van der Waals surface area contributed by atoms with Gasteiger partial charge in [0.2, 0.25) is 5.95 Å². The van der Waals surface area contributed by atoms with Gasteiger partial charge in [-0.25, -0.2) is 9.97 Å². The summed E-state index contributed by atoms with van der Waals surface area (Å²) >= 11 is 0. The molecule has 1 aromatic carbocycles. The minimum Gasteiger partial charge on any atom is -0.497 e. The highest BCUT2D eigenvalue weighted by Gasteiger charge is 2.19. The Morgan fingerprint density at radius 2 is 1.84 bits per heavy atom. The number of nitrogens with one attached hydrogen (secondary N) is 1. The van der Waals surface area contributed by atoms with Gasteiger partial charge in [0, 0.05) is 25.1 Å². The van der Waals surface area contributed by atoms with Gasteiger partial charge in [-0.05, 0) is 37.3 Å². The average Bonchev–Trinajstić information content (AvgIpc) is 2.62. The molecule has 132 valence electrons. The van der Waals surface area contributed by atoms with Crippen LogP contribution >= 0.6 is 0 Å². The predicted octanol–water partition coefficient (Wildman–Crippen LogP) is 1.49. The molecule has 0 spiro atoms. The molecular formula is C17H20N4O4. The van der Waals surface area contributed by atoms with Crippen molar-refractivity contribution < 1.29 is 19.1 Å². The van der Waals surface area contributed by atoms with Crippen molar-refractivity contribution in [1.82, 2.24) is 9.97 Å². The van der Waals surface area contributed by atoms with Crippen LogP contribution in [0.1, 0.15) is 6.92 Å². The summed E-state index contributed by atoms with van der Waals surface area (Å²) in [5, 5.41) is 2.67. The van der Waals surface area contributed by atoms with Crippen LogP contribution in [0, 0.1) is 0 Å². The zero-order valence-electron chi connectivity index (χ0n) is 14.3. The molecule has 1 N–H and O–H groups in total. The van der Waals surface area contributed by atoms with Crippen molar-refractivity contribution in [2.45, 2.75) is 13.0 Å². The molecule has 1 atom stereocenters. The Balaban J connectivity index is 1.84. The number of carbonyl (C=O) groups excluding carboxylic acids is 2. The number of benzene rings is 1. The number of ether oxygens (including phenoxy) is 2. The number of aromatic nitrogens is 2. The molecule has 0 radical (unpaired) electrons. The standard InChI is InChI=1S/C17H20N4O4/c1-12(16(23)20-13-5-7-14(24-3)8-6-13)25-15(22)11-21(2)17-18-9-4-10-19-17/h4-10,12H,11H2,1-3H3,(H,20,23). The summed E-state index contributed by atoms with van der Waals surface area (Å²) in [6.07, 6.45) is 2.23. The second-order valence-electron chi connectivity index (χ2n) is 5.25. The minimum atomic E-state index is -0.931. The maximum absolute atomic E-state index is 12.1. The number of esters is 1. The van der Waals surface area contributed by atoms with E-state index in [0.29, 0.717) is 17.4 Å². The zero-order chi connectivity index (χ0) is 18.2. The molecule has 2 rings (SSSR count).